The number of allylic oxidation sites excluding steroid dienone is 1. The summed E-state index contributed by atoms with van der Waals surface area (Å²) in [5.74, 6) is -0.273. The summed E-state index contributed by atoms with van der Waals surface area (Å²) in [5, 5.41) is 1.98. The van der Waals surface area contributed by atoms with Crippen LogP contribution in [0.15, 0.2) is 62.4 Å². The smallest absolute Gasteiger partial charge is 0.239 e. The molecule has 0 saturated carbocycles. The van der Waals surface area contributed by atoms with E-state index < -0.39 is 5.92 Å². The van der Waals surface area contributed by atoms with Gasteiger partial charge < -0.3 is 11.5 Å². The van der Waals surface area contributed by atoms with E-state index in [0.717, 1.165) is 20.6 Å². The highest BCUT2D eigenvalue weighted by Crippen LogP contribution is 2.41. The lowest BCUT2D eigenvalue weighted by Gasteiger charge is -2.32. The van der Waals surface area contributed by atoms with Crippen molar-refractivity contribution in [3.05, 3.63) is 62.9 Å². The normalized spacial score (nSPS) is 20.9. The van der Waals surface area contributed by atoms with Crippen LogP contribution in [0.1, 0.15) is 22.4 Å². The van der Waals surface area contributed by atoms with Crippen molar-refractivity contribution >= 4 is 51.0 Å². The summed E-state index contributed by atoms with van der Waals surface area (Å²) in [7, 11) is 1.65. The number of thiophene rings is 1. The predicted molar refractivity (Wildman–Crippen MR) is 110 cm³/mol. The molecule has 0 fully saturated rings. The van der Waals surface area contributed by atoms with Gasteiger partial charge in [0, 0.05) is 28.0 Å². The monoisotopic (exact) mass is 431 g/mol. The molecule has 6 nitrogen and oxygen atoms in total. The van der Waals surface area contributed by atoms with Crippen molar-refractivity contribution in [2.75, 3.05) is 7.05 Å². The van der Waals surface area contributed by atoms with Gasteiger partial charge >= 0.3 is 0 Å². The van der Waals surface area contributed by atoms with Crippen LogP contribution in [0.2, 0.25) is 0 Å². The minimum absolute atomic E-state index is 0.0747. The van der Waals surface area contributed by atoms with Gasteiger partial charge in [-0.1, -0.05) is 12.1 Å². The summed E-state index contributed by atoms with van der Waals surface area (Å²) in [5.41, 5.74) is 12.9. The third kappa shape index (κ3) is 3.71. The zero-order valence-electron chi connectivity index (χ0n) is 14.0. The van der Waals surface area contributed by atoms with Crippen LogP contribution in [0.3, 0.4) is 0 Å². The second-order valence-corrected chi connectivity index (χ2v) is 7.59. The van der Waals surface area contributed by atoms with E-state index in [2.05, 4.69) is 25.9 Å². The highest BCUT2D eigenvalue weighted by Gasteiger charge is 2.38. The number of likely N-dealkylation sites (N-methyl/N-ethyl adjacent to an activating group) is 1. The Morgan fingerprint density at radius 3 is 2.69 bits per heavy atom. The average Bonchev–Trinajstić information content (AvgIpc) is 3.07. The SMILES string of the molecule is CN1C(=O)C(c2ccc(N=C/C=C\N)cc2)C(c2cc(Br)cs2)N=C1N. The molecule has 2 aromatic rings. The Morgan fingerprint density at radius 1 is 1.35 bits per heavy atom. The molecule has 2 unspecified atom stereocenters. The van der Waals surface area contributed by atoms with Gasteiger partial charge in [0.05, 0.1) is 11.6 Å². The molecular weight excluding hydrogens is 414 g/mol. The highest BCUT2D eigenvalue weighted by atomic mass is 79.9. The number of carbonyl (C=O) groups is 1. The first-order valence-corrected chi connectivity index (χ1v) is 9.54. The third-order valence-electron chi connectivity index (χ3n) is 4.08. The Kier molecular flexibility index (Phi) is 5.53. The molecule has 2 heterocycles. The van der Waals surface area contributed by atoms with Gasteiger partial charge in [-0.15, -0.1) is 11.3 Å². The standard InChI is InChI=1S/C18H18BrN5OS/c1-24-17(25)15(11-3-5-13(6-4-11)22-8-2-7-20)16(23-18(24)21)14-9-12(19)10-26-14/h2-10,15-16H,20H2,1H3,(H2,21,23)/b7-2-,22-8?. The van der Waals surface area contributed by atoms with Gasteiger partial charge in [-0.3, -0.25) is 14.7 Å². The van der Waals surface area contributed by atoms with E-state index in [0.29, 0.717) is 0 Å². The Labute approximate surface area is 164 Å². The van der Waals surface area contributed by atoms with Crippen LogP contribution >= 0.6 is 27.3 Å². The van der Waals surface area contributed by atoms with Gasteiger partial charge in [0.2, 0.25) is 5.91 Å². The van der Waals surface area contributed by atoms with E-state index in [1.807, 2.05) is 35.7 Å². The van der Waals surface area contributed by atoms with Crippen molar-refractivity contribution in [2.45, 2.75) is 12.0 Å². The first-order chi connectivity index (χ1) is 12.5. The molecule has 1 aromatic carbocycles. The second kappa shape index (κ2) is 7.84. The number of amides is 1. The Hall–Kier alpha value is -2.45. The molecule has 0 aliphatic carbocycles. The fourth-order valence-corrected chi connectivity index (χ4v) is 4.26. The molecule has 1 aliphatic heterocycles. The molecule has 0 radical (unpaired) electrons. The highest BCUT2D eigenvalue weighted by molar-refractivity contribution is 9.10. The van der Waals surface area contributed by atoms with Gasteiger partial charge in [-0.2, -0.15) is 0 Å². The number of nitrogens with two attached hydrogens (primary N) is 2. The molecule has 2 atom stereocenters. The van der Waals surface area contributed by atoms with Crippen LogP contribution in [0.5, 0.6) is 0 Å². The van der Waals surface area contributed by atoms with Crippen LogP contribution in [-0.2, 0) is 4.79 Å². The van der Waals surface area contributed by atoms with Crippen LogP contribution in [0.25, 0.3) is 0 Å². The lowest BCUT2D eigenvalue weighted by molar-refractivity contribution is -0.129. The predicted octanol–water partition coefficient (Wildman–Crippen LogP) is 3.30. The van der Waals surface area contributed by atoms with Crippen molar-refractivity contribution in [1.29, 1.82) is 0 Å². The second-order valence-electron chi connectivity index (χ2n) is 5.73. The minimum atomic E-state index is -0.431. The summed E-state index contributed by atoms with van der Waals surface area (Å²) in [6, 6.07) is 9.18. The minimum Gasteiger partial charge on any atom is -0.405 e. The number of rotatable bonds is 4. The Morgan fingerprint density at radius 2 is 2.08 bits per heavy atom. The zero-order valence-corrected chi connectivity index (χ0v) is 16.4. The van der Waals surface area contributed by atoms with Gasteiger partial charge in [-0.25, -0.2) is 4.99 Å². The molecule has 134 valence electrons. The lowest BCUT2D eigenvalue weighted by atomic mass is 9.88. The van der Waals surface area contributed by atoms with Crippen molar-refractivity contribution in [3.8, 4) is 0 Å². The summed E-state index contributed by atoms with van der Waals surface area (Å²) >= 11 is 5.01. The number of guanidine groups is 1. The van der Waals surface area contributed by atoms with E-state index >= 15 is 0 Å². The summed E-state index contributed by atoms with van der Waals surface area (Å²) in [6.45, 7) is 0. The van der Waals surface area contributed by atoms with Gasteiger partial charge in [0.25, 0.3) is 0 Å². The van der Waals surface area contributed by atoms with Crippen LogP contribution in [0.4, 0.5) is 5.69 Å². The molecule has 26 heavy (non-hydrogen) atoms. The summed E-state index contributed by atoms with van der Waals surface area (Å²) < 4.78 is 0.967. The number of hydrogen-bond acceptors (Lipinski definition) is 6. The molecule has 3 rings (SSSR count). The lowest BCUT2D eigenvalue weighted by Crippen LogP contribution is -2.46. The van der Waals surface area contributed by atoms with E-state index in [9.17, 15) is 4.79 Å². The summed E-state index contributed by atoms with van der Waals surface area (Å²) in [6.07, 6.45) is 4.68. The molecule has 0 bridgehead atoms. The van der Waals surface area contributed by atoms with Crippen molar-refractivity contribution in [3.63, 3.8) is 0 Å². The quantitative estimate of drug-likeness (QED) is 0.726. The number of halogens is 1. The molecule has 4 N–H and O–H groups in total. The van der Waals surface area contributed by atoms with E-state index in [4.69, 9.17) is 11.5 Å². The van der Waals surface area contributed by atoms with Crippen LogP contribution < -0.4 is 11.5 Å². The maximum Gasteiger partial charge on any atom is 0.239 e. The fraction of sp³-hybridized carbons (Fsp3) is 0.167. The molecule has 0 spiro atoms. The maximum atomic E-state index is 12.9. The van der Waals surface area contributed by atoms with E-state index in [-0.39, 0.29) is 17.9 Å². The van der Waals surface area contributed by atoms with E-state index in [1.165, 1.54) is 11.1 Å². The Balaban J connectivity index is 1.98. The zero-order chi connectivity index (χ0) is 18.7. The maximum absolute atomic E-state index is 12.9. The van der Waals surface area contributed by atoms with Gasteiger partial charge in [-0.05, 0) is 52.0 Å². The summed E-state index contributed by atoms with van der Waals surface area (Å²) in [4.78, 5) is 24.2. The molecule has 8 heteroatoms. The molecule has 1 amide bonds. The third-order valence-corrected chi connectivity index (χ3v) is 5.84. The van der Waals surface area contributed by atoms with Gasteiger partial charge in [0.1, 0.15) is 6.04 Å². The molecular formula is C18H18BrN5OS. The fourth-order valence-electron chi connectivity index (χ4n) is 2.74. The number of nitrogens with zero attached hydrogens (tertiary/aromatic N) is 3. The Bertz CT molecular complexity index is 887. The average molecular weight is 432 g/mol. The first kappa shape index (κ1) is 18.3. The molecule has 1 aromatic heterocycles. The van der Waals surface area contributed by atoms with E-state index in [1.54, 1.807) is 30.7 Å². The van der Waals surface area contributed by atoms with Crippen LogP contribution in [0, 0.1) is 0 Å². The largest absolute Gasteiger partial charge is 0.405 e. The van der Waals surface area contributed by atoms with Crippen molar-refractivity contribution < 1.29 is 4.79 Å². The van der Waals surface area contributed by atoms with Crippen molar-refractivity contribution in [2.24, 2.45) is 21.5 Å². The first-order valence-electron chi connectivity index (χ1n) is 7.87. The number of carbonyl (C=O) groups excluding carboxylic acids is 1. The number of hydrogen-bond donors (Lipinski definition) is 2. The number of aliphatic imine (C=N–C) groups is 2. The van der Waals surface area contributed by atoms with Gasteiger partial charge in [0.15, 0.2) is 5.96 Å². The molecule has 1 aliphatic rings. The number of benzene rings is 1. The van der Waals surface area contributed by atoms with Crippen molar-refractivity contribution in [1.82, 2.24) is 4.90 Å². The van der Waals surface area contributed by atoms with Crippen LogP contribution in [-0.4, -0.2) is 30.0 Å². The topological polar surface area (TPSA) is 97.1 Å². The molecule has 0 saturated heterocycles.